The lowest BCUT2D eigenvalue weighted by atomic mass is 10.0. The van der Waals surface area contributed by atoms with Gasteiger partial charge >= 0.3 is 0 Å². The van der Waals surface area contributed by atoms with Crippen LogP contribution in [0.5, 0.6) is 5.75 Å². The fourth-order valence-corrected chi connectivity index (χ4v) is 2.88. The largest absolute Gasteiger partial charge is 0.497 e. The van der Waals surface area contributed by atoms with Crippen LogP contribution in [0.3, 0.4) is 0 Å². The number of hydrogen-bond acceptors (Lipinski definition) is 4. The minimum absolute atomic E-state index is 0.564. The van der Waals surface area contributed by atoms with Crippen LogP contribution >= 0.6 is 0 Å². The van der Waals surface area contributed by atoms with Crippen LogP contribution in [0.2, 0.25) is 0 Å². The van der Waals surface area contributed by atoms with Gasteiger partial charge in [0.2, 0.25) is 0 Å². The van der Waals surface area contributed by atoms with Gasteiger partial charge in [-0.1, -0.05) is 6.07 Å². The van der Waals surface area contributed by atoms with Gasteiger partial charge in [0.15, 0.2) is 0 Å². The van der Waals surface area contributed by atoms with Crippen molar-refractivity contribution in [1.29, 1.82) is 0 Å². The second-order valence-electron chi connectivity index (χ2n) is 5.86. The summed E-state index contributed by atoms with van der Waals surface area (Å²) in [4.78, 5) is 7.58. The van der Waals surface area contributed by atoms with Crippen LogP contribution in [0.15, 0.2) is 54.9 Å². The summed E-state index contributed by atoms with van der Waals surface area (Å²) < 4.78 is 7.17. The Morgan fingerprint density at radius 2 is 2.08 bits per heavy atom. The van der Waals surface area contributed by atoms with Crippen LogP contribution in [0, 0.1) is 0 Å². The van der Waals surface area contributed by atoms with Gasteiger partial charge in [0.25, 0.3) is 0 Å². The molecule has 0 fully saturated rings. The SMILES string of the molecule is COc1ccc(-c2ccc3nc(C(C)O)[nH]c3c2)c(-n2cccn2)c1. The normalized spacial score (nSPS) is 12.4. The van der Waals surface area contributed by atoms with E-state index in [0.717, 1.165) is 33.6 Å². The second kappa shape index (κ2) is 6.07. The van der Waals surface area contributed by atoms with Crippen molar-refractivity contribution >= 4 is 11.0 Å². The first-order valence-corrected chi connectivity index (χ1v) is 8.02. The summed E-state index contributed by atoms with van der Waals surface area (Å²) in [6.07, 6.45) is 3.02. The zero-order chi connectivity index (χ0) is 17.4. The molecule has 0 bridgehead atoms. The Morgan fingerprint density at radius 3 is 2.80 bits per heavy atom. The van der Waals surface area contributed by atoms with Crippen molar-refractivity contribution < 1.29 is 9.84 Å². The lowest BCUT2D eigenvalue weighted by molar-refractivity contribution is 0.190. The summed E-state index contributed by atoms with van der Waals surface area (Å²) in [7, 11) is 1.65. The molecule has 6 heteroatoms. The number of fused-ring (bicyclic) bond motifs is 1. The summed E-state index contributed by atoms with van der Waals surface area (Å²) in [5.74, 6) is 1.34. The molecule has 25 heavy (non-hydrogen) atoms. The van der Waals surface area contributed by atoms with Gasteiger partial charge < -0.3 is 14.8 Å². The van der Waals surface area contributed by atoms with E-state index in [9.17, 15) is 5.11 Å². The quantitative estimate of drug-likeness (QED) is 0.599. The monoisotopic (exact) mass is 334 g/mol. The van der Waals surface area contributed by atoms with Gasteiger partial charge in [-0.3, -0.25) is 0 Å². The van der Waals surface area contributed by atoms with E-state index in [1.807, 2.05) is 53.3 Å². The summed E-state index contributed by atoms with van der Waals surface area (Å²) in [6, 6.07) is 13.8. The molecular weight excluding hydrogens is 316 g/mol. The number of ether oxygens (including phenoxy) is 1. The highest BCUT2D eigenvalue weighted by Gasteiger charge is 2.12. The Morgan fingerprint density at radius 1 is 1.20 bits per heavy atom. The molecule has 4 aromatic rings. The number of benzene rings is 2. The maximum Gasteiger partial charge on any atom is 0.135 e. The first-order chi connectivity index (χ1) is 12.2. The number of aromatic amines is 1. The van der Waals surface area contributed by atoms with Gasteiger partial charge in [-0.05, 0) is 42.8 Å². The molecule has 0 aliphatic rings. The summed E-state index contributed by atoms with van der Waals surface area (Å²) in [6.45, 7) is 1.69. The molecule has 0 spiro atoms. The maximum absolute atomic E-state index is 9.72. The molecule has 4 rings (SSSR count). The standard InChI is InChI=1S/C19H18N4O2/c1-12(24)19-21-16-7-4-13(10-17(16)22-19)15-6-5-14(25-2)11-18(15)23-9-3-8-20-23/h3-12,24H,1-2H3,(H,21,22). The zero-order valence-corrected chi connectivity index (χ0v) is 14.0. The van der Waals surface area contributed by atoms with Crippen LogP contribution in [0.4, 0.5) is 0 Å². The molecule has 0 saturated carbocycles. The third-order valence-electron chi connectivity index (χ3n) is 4.16. The number of aliphatic hydroxyl groups excluding tert-OH is 1. The van der Waals surface area contributed by atoms with Gasteiger partial charge in [0.05, 0.1) is 23.8 Å². The van der Waals surface area contributed by atoms with Crippen molar-refractivity contribution in [3.8, 4) is 22.6 Å². The lowest BCUT2D eigenvalue weighted by Crippen LogP contribution is -1.98. The van der Waals surface area contributed by atoms with Crippen molar-refractivity contribution in [2.45, 2.75) is 13.0 Å². The lowest BCUT2D eigenvalue weighted by Gasteiger charge is -2.12. The molecule has 2 heterocycles. The van der Waals surface area contributed by atoms with Gasteiger partial charge in [-0.2, -0.15) is 5.10 Å². The molecule has 126 valence electrons. The number of rotatable bonds is 4. The average molecular weight is 334 g/mol. The minimum atomic E-state index is -0.628. The molecule has 0 radical (unpaired) electrons. The van der Waals surface area contributed by atoms with E-state index in [1.54, 1.807) is 20.2 Å². The molecule has 2 aromatic heterocycles. The Labute approximate surface area is 144 Å². The van der Waals surface area contributed by atoms with Gasteiger partial charge in [0.1, 0.15) is 17.7 Å². The number of nitrogens with one attached hydrogen (secondary N) is 1. The van der Waals surface area contributed by atoms with Crippen LogP contribution < -0.4 is 4.74 Å². The summed E-state index contributed by atoms with van der Waals surface area (Å²) >= 11 is 0. The average Bonchev–Trinajstić information content (AvgIpc) is 3.30. The van der Waals surface area contributed by atoms with E-state index in [-0.39, 0.29) is 0 Å². The van der Waals surface area contributed by atoms with Crippen molar-refractivity contribution in [3.05, 3.63) is 60.7 Å². The smallest absolute Gasteiger partial charge is 0.135 e. The first-order valence-electron chi connectivity index (χ1n) is 8.02. The number of imidazole rings is 1. The van der Waals surface area contributed by atoms with E-state index in [0.29, 0.717) is 5.82 Å². The summed E-state index contributed by atoms with van der Waals surface area (Å²) in [5, 5.41) is 14.1. The predicted molar refractivity (Wildman–Crippen MR) is 95.8 cm³/mol. The van der Waals surface area contributed by atoms with E-state index in [2.05, 4.69) is 15.1 Å². The predicted octanol–water partition coefficient (Wildman–Crippen LogP) is 3.48. The van der Waals surface area contributed by atoms with Crippen LogP contribution in [-0.4, -0.2) is 32.0 Å². The molecule has 1 atom stereocenters. The van der Waals surface area contributed by atoms with E-state index in [1.165, 1.54) is 0 Å². The Hall–Kier alpha value is -3.12. The number of H-pyrrole nitrogens is 1. The van der Waals surface area contributed by atoms with Gasteiger partial charge in [-0.15, -0.1) is 0 Å². The molecular formula is C19H18N4O2. The van der Waals surface area contributed by atoms with Crippen LogP contribution in [0.25, 0.3) is 27.8 Å². The van der Waals surface area contributed by atoms with E-state index < -0.39 is 6.10 Å². The number of methoxy groups -OCH3 is 1. The van der Waals surface area contributed by atoms with E-state index in [4.69, 9.17) is 4.74 Å². The number of hydrogen-bond donors (Lipinski definition) is 2. The van der Waals surface area contributed by atoms with Crippen molar-refractivity contribution in [2.75, 3.05) is 7.11 Å². The molecule has 2 aromatic carbocycles. The number of aliphatic hydroxyl groups is 1. The molecule has 0 aliphatic heterocycles. The topological polar surface area (TPSA) is 76.0 Å². The van der Waals surface area contributed by atoms with Crippen molar-refractivity contribution in [1.82, 2.24) is 19.7 Å². The fourth-order valence-electron chi connectivity index (χ4n) is 2.88. The Bertz CT molecular complexity index is 1020. The highest BCUT2D eigenvalue weighted by molar-refractivity contribution is 5.84. The second-order valence-corrected chi connectivity index (χ2v) is 5.86. The number of aromatic nitrogens is 4. The zero-order valence-electron chi connectivity index (χ0n) is 14.0. The molecule has 6 nitrogen and oxygen atoms in total. The molecule has 0 aliphatic carbocycles. The van der Waals surface area contributed by atoms with Crippen molar-refractivity contribution in [3.63, 3.8) is 0 Å². The Balaban J connectivity index is 1.87. The van der Waals surface area contributed by atoms with Crippen molar-refractivity contribution in [2.24, 2.45) is 0 Å². The molecule has 0 saturated heterocycles. The fraction of sp³-hybridized carbons (Fsp3) is 0.158. The minimum Gasteiger partial charge on any atom is -0.497 e. The third-order valence-corrected chi connectivity index (χ3v) is 4.16. The number of nitrogens with zero attached hydrogens (tertiary/aromatic N) is 3. The van der Waals surface area contributed by atoms with Gasteiger partial charge in [0, 0.05) is 24.0 Å². The maximum atomic E-state index is 9.72. The molecule has 1 unspecified atom stereocenters. The van der Waals surface area contributed by atoms with E-state index >= 15 is 0 Å². The highest BCUT2D eigenvalue weighted by atomic mass is 16.5. The van der Waals surface area contributed by atoms with Gasteiger partial charge in [-0.25, -0.2) is 9.67 Å². The third kappa shape index (κ3) is 2.77. The first kappa shape index (κ1) is 15.4. The summed E-state index contributed by atoms with van der Waals surface area (Å²) in [5.41, 5.74) is 4.70. The Kier molecular flexibility index (Phi) is 3.74. The molecule has 0 amide bonds. The highest BCUT2D eigenvalue weighted by Crippen LogP contribution is 2.31. The molecule has 2 N–H and O–H groups in total. The van der Waals surface area contributed by atoms with Crippen LogP contribution in [-0.2, 0) is 0 Å². The van der Waals surface area contributed by atoms with Crippen LogP contribution in [0.1, 0.15) is 18.9 Å².